The minimum atomic E-state index is -0.184. The lowest BCUT2D eigenvalue weighted by molar-refractivity contribution is 0.300. The molecular weight excluding hydrogens is 241 g/mol. The fourth-order valence-electron chi connectivity index (χ4n) is 1.89. The second-order valence-corrected chi connectivity index (χ2v) is 4.90. The Labute approximate surface area is 113 Å². The average molecular weight is 259 g/mol. The standard InChI is InChI=1S/C16H18FNO/c1-11(2)15-9-14(7-8-16(15)17)19-10-13-6-4-5-12(3)18-13/h4-9,11H,10H2,1-3H3. The van der Waals surface area contributed by atoms with Gasteiger partial charge < -0.3 is 4.74 Å². The highest BCUT2D eigenvalue weighted by molar-refractivity contribution is 5.31. The Morgan fingerprint density at radius 3 is 2.68 bits per heavy atom. The fraction of sp³-hybridized carbons (Fsp3) is 0.312. The molecule has 0 saturated heterocycles. The summed E-state index contributed by atoms with van der Waals surface area (Å²) in [6.45, 7) is 6.26. The topological polar surface area (TPSA) is 22.1 Å². The van der Waals surface area contributed by atoms with Gasteiger partial charge in [-0.15, -0.1) is 0 Å². The summed E-state index contributed by atoms with van der Waals surface area (Å²) in [5.74, 6) is 0.630. The van der Waals surface area contributed by atoms with Crippen molar-refractivity contribution >= 4 is 0 Å². The Morgan fingerprint density at radius 2 is 2.00 bits per heavy atom. The normalized spacial score (nSPS) is 10.8. The molecule has 19 heavy (non-hydrogen) atoms. The second kappa shape index (κ2) is 5.83. The molecule has 2 aromatic rings. The molecule has 0 aliphatic heterocycles. The van der Waals surface area contributed by atoms with Gasteiger partial charge in [0.15, 0.2) is 0 Å². The van der Waals surface area contributed by atoms with E-state index in [1.165, 1.54) is 6.07 Å². The molecule has 0 fully saturated rings. The van der Waals surface area contributed by atoms with E-state index in [9.17, 15) is 4.39 Å². The number of aryl methyl sites for hydroxylation is 1. The number of aromatic nitrogens is 1. The van der Waals surface area contributed by atoms with E-state index in [0.717, 1.165) is 11.4 Å². The summed E-state index contributed by atoms with van der Waals surface area (Å²) in [6.07, 6.45) is 0. The molecule has 0 atom stereocenters. The number of rotatable bonds is 4. The smallest absolute Gasteiger partial charge is 0.130 e. The van der Waals surface area contributed by atoms with Crippen molar-refractivity contribution < 1.29 is 9.13 Å². The van der Waals surface area contributed by atoms with Crippen molar-refractivity contribution in [2.24, 2.45) is 0 Å². The molecular formula is C16H18FNO. The first-order valence-electron chi connectivity index (χ1n) is 6.41. The van der Waals surface area contributed by atoms with Crippen molar-refractivity contribution in [1.82, 2.24) is 4.98 Å². The van der Waals surface area contributed by atoms with Crippen molar-refractivity contribution in [1.29, 1.82) is 0 Å². The van der Waals surface area contributed by atoms with Gasteiger partial charge in [0, 0.05) is 5.69 Å². The molecule has 2 nitrogen and oxygen atoms in total. The number of nitrogens with zero attached hydrogens (tertiary/aromatic N) is 1. The predicted octanol–water partition coefficient (Wildman–Crippen LogP) is 4.23. The molecule has 0 unspecified atom stereocenters. The van der Waals surface area contributed by atoms with Crippen molar-refractivity contribution in [3.8, 4) is 5.75 Å². The Hall–Kier alpha value is -1.90. The number of hydrogen-bond donors (Lipinski definition) is 0. The molecule has 0 spiro atoms. The van der Waals surface area contributed by atoms with Crippen molar-refractivity contribution in [2.75, 3.05) is 0 Å². The zero-order valence-electron chi connectivity index (χ0n) is 11.5. The third-order valence-corrected chi connectivity index (χ3v) is 2.92. The summed E-state index contributed by atoms with van der Waals surface area (Å²) in [6, 6.07) is 10.7. The molecule has 1 aromatic heterocycles. The second-order valence-electron chi connectivity index (χ2n) is 4.90. The van der Waals surface area contributed by atoms with Gasteiger partial charge >= 0.3 is 0 Å². The summed E-state index contributed by atoms with van der Waals surface area (Å²) in [4.78, 5) is 4.36. The van der Waals surface area contributed by atoms with E-state index in [1.54, 1.807) is 12.1 Å². The minimum absolute atomic E-state index is 0.139. The summed E-state index contributed by atoms with van der Waals surface area (Å²) < 4.78 is 19.2. The number of hydrogen-bond acceptors (Lipinski definition) is 2. The molecule has 2 rings (SSSR count). The Morgan fingerprint density at radius 1 is 1.21 bits per heavy atom. The van der Waals surface area contributed by atoms with Gasteiger partial charge in [0.05, 0.1) is 5.69 Å². The van der Waals surface area contributed by atoms with Crippen LogP contribution in [0.5, 0.6) is 5.75 Å². The van der Waals surface area contributed by atoms with E-state index in [-0.39, 0.29) is 11.7 Å². The van der Waals surface area contributed by atoms with Gasteiger partial charge in [-0.1, -0.05) is 19.9 Å². The molecule has 0 saturated carbocycles. The molecule has 100 valence electrons. The van der Waals surface area contributed by atoms with Crippen LogP contribution >= 0.6 is 0 Å². The Bertz CT molecular complexity index is 566. The summed E-state index contributed by atoms with van der Waals surface area (Å²) in [7, 11) is 0. The van der Waals surface area contributed by atoms with Crippen LogP contribution in [-0.2, 0) is 6.61 Å². The highest BCUT2D eigenvalue weighted by Gasteiger charge is 2.08. The van der Waals surface area contributed by atoms with Gasteiger partial charge in [-0.25, -0.2) is 4.39 Å². The molecule has 0 aliphatic carbocycles. The van der Waals surface area contributed by atoms with Crippen molar-refractivity contribution in [3.63, 3.8) is 0 Å². The largest absolute Gasteiger partial charge is 0.487 e. The van der Waals surface area contributed by atoms with Crippen LogP contribution in [0, 0.1) is 12.7 Å². The van der Waals surface area contributed by atoms with Crippen LogP contribution in [-0.4, -0.2) is 4.98 Å². The molecule has 1 aromatic carbocycles. The first-order chi connectivity index (χ1) is 9.06. The molecule has 0 bridgehead atoms. The van der Waals surface area contributed by atoms with Gasteiger partial charge in [-0.2, -0.15) is 0 Å². The highest BCUT2D eigenvalue weighted by Crippen LogP contribution is 2.24. The van der Waals surface area contributed by atoms with Crippen molar-refractivity contribution in [3.05, 3.63) is 59.2 Å². The summed E-state index contributed by atoms with van der Waals surface area (Å²) in [5, 5.41) is 0. The van der Waals surface area contributed by atoms with Crippen LogP contribution in [0.3, 0.4) is 0 Å². The lowest BCUT2D eigenvalue weighted by Crippen LogP contribution is -2.00. The van der Waals surface area contributed by atoms with Gasteiger partial charge in [-0.05, 0) is 48.7 Å². The van der Waals surface area contributed by atoms with Gasteiger partial charge in [0.2, 0.25) is 0 Å². The summed E-state index contributed by atoms with van der Waals surface area (Å²) in [5.41, 5.74) is 2.51. The third-order valence-electron chi connectivity index (χ3n) is 2.92. The van der Waals surface area contributed by atoms with Gasteiger partial charge in [-0.3, -0.25) is 4.98 Å². The van der Waals surface area contributed by atoms with Crippen LogP contribution in [0.4, 0.5) is 4.39 Å². The van der Waals surface area contributed by atoms with Crippen LogP contribution in [0.1, 0.15) is 36.7 Å². The number of halogens is 1. The summed E-state index contributed by atoms with van der Waals surface area (Å²) >= 11 is 0. The minimum Gasteiger partial charge on any atom is -0.487 e. The predicted molar refractivity (Wildman–Crippen MR) is 73.8 cm³/mol. The lowest BCUT2D eigenvalue weighted by Gasteiger charge is -2.11. The number of benzene rings is 1. The SMILES string of the molecule is Cc1cccc(COc2ccc(F)c(C(C)C)c2)n1. The van der Waals surface area contributed by atoms with E-state index < -0.39 is 0 Å². The van der Waals surface area contributed by atoms with Gasteiger partial charge in [0.25, 0.3) is 0 Å². The number of ether oxygens (including phenoxy) is 1. The van der Waals surface area contributed by atoms with Gasteiger partial charge in [0.1, 0.15) is 18.2 Å². The molecule has 0 N–H and O–H groups in total. The van der Waals surface area contributed by atoms with Crippen LogP contribution in [0.15, 0.2) is 36.4 Å². The van der Waals surface area contributed by atoms with Crippen molar-refractivity contribution in [2.45, 2.75) is 33.3 Å². The van der Waals surface area contributed by atoms with E-state index in [2.05, 4.69) is 4.98 Å². The molecule has 0 radical (unpaired) electrons. The zero-order valence-corrected chi connectivity index (χ0v) is 11.5. The maximum absolute atomic E-state index is 13.6. The first-order valence-corrected chi connectivity index (χ1v) is 6.41. The van der Waals surface area contributed by atoms with Crippen LogP contribution in [0.25, 0.3) is 0 Å². The van der Waals surface area contributed by atoms with E-state index >= 15 is 0 Å². The van der Waals surface area contributed by atoms with Crippen LogP contribution < -0.4 is 4.74 Å². The maximum Gasteiger partial charge on any atom is 0.130 e. The van der Waals surface area contributed by atoms with Crippen LogP contribution in [0.2, 0.25) is 0 Å². The highest BCUT2D eigenvalue weighted by atomic mass is 19.1. The lowest BCUT2D eigenvalue weighted by atomic mass is 10.0. The Kier molecular flexibility index (Phi) is 4.15. The van der Waals surface area contributed by atoms with E-state index in [4.69, 9.17) is 4.74 Å². The molecule has 3 heteroatoms. The average Bonchev–Trinajstić information content (AvgIpc) is 2.37. The first kappa shape index (κ1) is 13.5. The molecule has 0 aliphatic rings. The van der Waals surface area contributed by atoms with E-state index in [0.29, 0.717) is 17.9 Å². The molecule has 0 amide bonds. The van der Waals surface area contributed by atoms with E-state index in [1.807, 2.05) is 39.0 Å². The maximum atomic E-state index is 13.6. The fourth-order valence-corrected chi connectivity index (χ4v) is 1.89. The Balaban J connectivity index is 2.09. The third kappa shape index (κ3) is 3.53. The molecule has 1 heterocycles. The quantitative estimate of drug-likeness (QED) is 0.819. The monoisotopic (exact) mass is 259 g/mol. The zero-order chi connectivity index (χ0) is 13.8. The number of pyridine rings is 1.